The summed E-state index contributed by atoms with van der Waals surface area (Å²) in [5.74, 6) is 0.130. The number of benzene rings is 4. The molecular weight excluding hydrogens is 576 g/mol. The fraction of sp³-hybridized carbons (Fsp3) is 0.257. The normalized spacial score (nSPS) is 17.9. The van der Waals surface area contributed by atoms with Gasteiger partial charge in [-0.2, -0.15) is 0 Å². The molecule has 1 aliphatic rings. The Balaban J connectivity index is 1.53. The van der Waals surface area contributed by atoms with Crippen LogP contribution in [0.5, 0.6) is 5.75 Å². The van der Waals surface area contributed by atoms with Gasteiger partial charge in [-0.1, -0.05) is 78.4 Å². The van der Waals surface area contributed by atoms with Crippen LogP contribution in [0, 0.1) is 6.92 Å². The number of sulfone groups is 1. The fourth-order valence-corrected chi connectivity index (χ4v) is 6.58. The lowest BCUT2D eigenvalue weighted by atomic mass is 9.85. The summed E-state index contributed by atoms with van der Waals surface area (Å²) < 4.78 is 39.1. The van der Waals surface area contributed by atoms with Gasteiger partial charge in [-0.25, -0.2) is 13.4 Å². The highest BCUT2D eigenvalue weighted by Gasteiger charge is 2.53. The maximum atomic E-state index is 14.3. The molecule has 0 fully saturated rings. The van der Waals surface area contributed by atoms with Gasteiger partial charge >= 0.3 is 0 Å². The molecule has 4 aromatic carbocycles. The number of nitrogens with one attached hydrogen (secondary N) is 1. The van der Waals surface area contributed by atoms with Crippen molar-refractivity contribution in [3.63, 3.8) is 0 Å². The van der Waals surface area contributed by atoms with Crippen molar-refractivity contribution in [2.24, 2.45) is 4.99 Å². The number of aliphatic hydroxyl groups excluding tert-OH is 1. The third-order valence-corrected chi connectivity index (χ3v) is 9.25. The highest BCUT2D eigenvalue weighted by Crippen LogP contribution is 2.43. The predicted molar refractivity (Wildman–Crippen MR) is 169 cm³/mol. The minimum atomic E-state index is -3.74. The zero-order chi connectivity index (χ0) is 31.0. The number of amides is 1. The molecule has 8 nitrogen and oxygen atoms in total. The highest BCUT2D eigenvalue weighted by atomic mass is 32.2. The first kappa shape index (κ1) is 31.0. The van der Waals surface area contributed by atoms with Crippen molar-refractivity contribution in [1.29, 1.82) is 0 Å². The second kappa shape index (κ2) is 13.9. The Labute approximate surface area is 258 Å². The van der Waals surface area contributed by atoms with Crippen LogP contribution in [-0.2, 0) is 25.9 Å². The summed E-state index contributed by atoms with van der Waals surface area (Å²) in [6.45, 7) is 2.65. The number of hydrogen-bond acceptors (Lipinski definition) is 7. The molecule has 1 heterocycles. The van der Waals surface area contributed by atoms with Crippen molar-refractivity contribution in [2.45, 2.75) is 42.8 Å². The number of ether oxygens (including phenoxy) is 2. The van der Waals surface area contributed by atoms with E-state index in [1.165, 1.54) is 0 Å². The van der Waals surface area contributed by atoms with Crippen LogP contribution in [0.3, 0.4) is 0 Å². The van der Waals surface area contributed by atoms with E-state index in [2.05, 4.69) is 5.32 Å². The van der Waals surface area contributed by atoms with Crippen LogP contribution >= 0.6 is 0 Å². The highest BCUT2D eigenvalue weighted by molar-refractivity contribution is 7.91. The number of rotatable bonds is 13. The Morgan fingerprint density at radius 1 is 0.955 bits per heavy atom. The molecule has 0 aromatic heterocycles. The molecule has 1 amide bonds. The van der Waals surface area contributed by atoms with Crippen LogP contribution in [0.25, 0.3) is 0 Å². The lowest BCUT2D eigenvalue weighted by molar-refractivity contribution is -0.129. The summed E-state index contributed by atoms with van der Waals surface area (Å²) in [6.07, 6.45) is -0.458. The summed E-state index contributed by atoms with van der Waals surface area (Å²) in [7, 11) is -3.74. The molecule has 2 atom stereocenters. The van der Waals surface area contributed by atoms with Gasteiger partial charge in [0.05, 0.1) is 17.3 Å². The number of aryl methyl sites for hydroxylation is 1. The van der Waals surface area contributed by atoms with Gasteiger partial charge in [0.25, 0.3) is 5.91 Å². The molecule has 0 bridgehead atoms. The maximum absolute atomic E-state index is 14.3. The van der Waals surface area contributed by atoms with Crippen molar-refractivity contribution in [3.05, 3.63) is 131 Å². The molecule has 1 aliphatic heterocycles. The van der Waals surface area contributed by atoms with Gasteiger partial charge in [-0.05, 0) is 54.4 Å². The van der Waals surface area contributed by atoms with Gasteiger partial charge in [0.15, 0.2) is 21.5 Å². The first-order chi connectivity index (χ1) is 21.3. The number of aliphatic imine (C=N–C) groups is 1. The lowest BCUT2D eigenvalue weighted by Crippen LogP contribution is -2.49. The number of aliphatic hydroxyl groups is 1. The van der Waals surface area contributed by atoms with Crippen LogP contribution in [-0.4, -0.2) is 49.8 Å². The molecule has 2 N–H and O–H groups in total. The average Bonchev–Trinajstić information content (AvgIpc) is 3.45. The third-order valence-electron chi connectivity index (χ3n) is 7.52. The van der Waals surface area contributed by atoms with Crippen LogP contribution in [0.1, 0.15) is 41.2 Å². The van der Waals surface area contributed by atoms with E-state index in [1.807, 2.05) is 61.5 Å². The second-order valence-electron chi connectivity index (χ2n) is 10.8. The summed E-state index contributed by atoms with van der Waals surface area (Å²) in [6, 6.07) is 32.5. The second-order valence-corrected chi connectivity index (χ2v) is 12.9. The molecule has 4 aromatic rings. The Hall–Kier alpha value is -4.47. The largest absolute Gasteiger partial charge is 0.494 e. The summed E-state index contributed by atoms with van der Waals surface area (Å²) in [5, 5.41) is 12.1. The maximum Gasteiger partial charge on any atom is 0.252 e. The van der Waals surface area contributed by atoms with Crippen molar-refractivity contribution < 1.29 is 27.8 Å². The van der Waals surface area contributed by atoms with E-state index < -0.39 is 27.4 Å². The van der Waals surface area contributed by atoms with Crippen LogP contribution < -0.4 is 10.1 Å². The smallest absolute Gasteiger partial charge is 0.252 e. The molecule has 44 heavy (non-hydrogen) atoms. The van der Waals surface area contributed by atoms with Crippen molar-refractivity contribution in [3.8, 4) is 5.75 Å². The molecule has 0 saturated carbocycles. The van der Waals surface area contributed by atoms with Gasteiger partial charge in [0, 0.05) is 31.6 Å². The Morgan fingerprint density at radius 2 is 1.66 bits per heavy atom. The van der Waals surface area contributed by atoms with E-state index in [-0.39, 0.29) is 36.1 Å². The van der Waals surface area contributed by atoms with E-state index in [0.29, 0.717) is 29.9 Å². The lowest BCUT2D eigenvalue weighted by Gasteiger charge is -2.30. The first-order valence-electron chi connectivity index (χ1n) is 14.6. The molecule has 0 saturated heterocycles. The van der Waals surface area contributed by atoms with Gasteiger partial charge in [0.2, 0.25) is 5.90 Å². The summed E-state index contributed by atoms with van der Waals surface area (Å²) in [5.41, 5.74) is 1.74. The zero-order valence-electron chi connectivity index (χ0n) is 24.6. The molecule has 0 aliphatic carbocycles. The molecule has 9 heteroatoms. The van der Waals surface area contributed by atoms with Crippen molar-refractivity contribution in [2.75, 3.05) is 19.0 Å². The standard InChI is InChI=1S/C35H36N2O6S/c1-26-10-8-11-27(24-26)25-36-34(39)35(20-23-44(40,41)31-14-6-3-7-15-31)32(28-12-4-2-5-13-28)43-33(37-35)29-16-18-30(19-17-29)42-22-9-21-38/h2-8,10-19,24,32,38H,9,20-23,25H2,1H3,(H,36,39)/t32-,35-/m1/s1. The van der Waals surface area contributed by atoms with Gasteiger partial charge in [-0.15, -0.1) is 0 Å². The van der Waals surface area contributed by atoms with Crippen LogP contribution in [0.15, 0.2) is 119 Å². The Morgan fingerprint density at radius 3 is 2.34 bits per heavy atom. The first-order valence-corrected chi connectivity index (χ1v) is 16.2. The summed E-state index contributed by atoms with van der Waals surface area (Å²) >= 11 is 0. The number of carbonyl (C=O) groups is 1. The molecule has 0 spiro atoms. The van der Waals surface area contributed by atoms with Gasteiger partial charge in [0.1, 0.15) is 5.75 Å². The molecular formula is C35H36N2O6S. The molecule has 0 unspecified atom stereocenters. The van der Waals surface area contributed by atoms with Gasteiger partial charge in [-0.3, -0.25) is 4.79 Å². The average molecular weight is 613 g/mol. The molecule has 0 radical (unpaired) electrons. The zero-order valence-corrected chi connectivity index (χ0v) is 25.4. The van der Waals surface area contributed by atoms with E-state index >= 15 is 0 Å². The fourth-order valence-electron chi connectivity index (χ4n) is 5.19. The number of carbonyl (C=O) groups excluding carboxylic acids is 1. The molecule has 228 valence electrons. The topological polar surface area (TPSA) is 114 Å². The minimum Gasteiger partial charge on any atom is -0.494 e. The monoisotopic (exact) mass is 612 g/mol. The minimum absolute atomic E-state index is 0.0393. The SMILES string of the molecule is Cc1cccc(CNC(=O)[C@]2(CCS(=O)(=O)c3ccccc3)N=C(c3ccc(OCCCO)cc3)O[C@@H]2c2ccccc2)c1. The van der Waals surface area contributed by atoms with Crippen molar-refractivity contribution >= 4 is 21.6 Å². The van der Waals surface area contributed by atoms with Crippen molar-refractivity contribution in [1.82, 2.24) is 5.32 Å². The van der Waals surface area contributed by atoms with Crippen LogP contribution in [0.4, 0.5) is 0 Å². The quantitative estimate of drug-likeness (QED) is 0.201. The van der Waals surface area contributed by atoms with E-state index in [1.54, 1.807) is 54.6 Å². The molecule has 5 rings (SSSR count). The van der Waals surface area contributed by atoms with E-state index in [0.717, 1.165) is 11.1 Å². The Kier molecular flexibility index (Phi) is 9.77. The predicted octanol–water partition coefficient (Wildman–Crippen LogP) is 5.19. The van der Waals surface area contributed by atoms with Crippen LogP contribution in [0.2, 0.25) is 0 Å². The van der Waals surface area contributed by atoms with Gasteiger partial charge < -0.3 is 19.9 Å². The van der Waals surface area contributed by atoms with E-state index in [9.17, 15) is 13.2 Å². The van der Waals surface area contributed by atoms with E-state index in [4.69, 9.17) is 19.6 Å². The number of nitrogens with zero attached hydrogens (tertiary/aromatic N) is 1. The Bertz CT molecular complexity index is 1690. The number of hydrogen-bond donors (Lipinski definition) is 2. The third kappa shape index (κ3) is 7.18. The summed E-state index contributed by atoms with van der Waals surface area (Å²) in [4.78, 5) is 19.4.